The number of para-hydroxylation sites is 2. The normalized spacial score (nSPS) is 13.3. The quantitative estimate of drug-likeness (QED) is 0.436. The van der Waals surface area contributed by atoms with Crippen LogP contribution in [0.1, 0.15) is 30.4 Å². The summed E-state index contributed by atoms with van der Waals surface area (Å²) in [6, 6.07) is 19.8. The molecule has 0 unspecified atom stereocenters. The largest absolute Gasteiger partial charge is 0.368 e. The maximum atomic E-state index is 5.89. The Morgan fingerprint density at radius 2 is 1.67 bits per heavy atom. The fraction of sp³-hybridized carbons (Fsp3) is 0.190. The van der Waals surface area contributed by atoms with Crippen LogP contribution < -0.4 is 11.1 Å². The summed E-state index contributed by atoms with van der Waals surface area (Å²) in [7, 11) is 0. The Morgan fingerprint density at radius 1 is 0.933 bits per heavy atom. The number of aromatic nitrogens is 6. The third-order valence-electron chi connectivity index (χ3n) is 4.62. The molecular weight excluding hydrogens is 396 g/mol. The van der Waals surface area contributed by atoms with Gasteiger partial charge in [-0.1, -0.05) is 48.2 Å². The Morgan fingerprint density at radius 3 is 2.40 bits per heavy atom. The molecule has 8 nitrogen and oxygen atoms in total. The van der Waals surface area contributed by atoms with E-state index in [1.54, 1.807) is 0 Å². The van der Waals surface area contributed by atoms with Gasteiger partial charge in [-0.05, 0) is 37.1 Å². The summed E-state index contributed by atoms with van der Waals surface area (Å²) in [5, 5.41) is 8.58. The fourth-order valence-electron chi connectivity index (χ4n) is 3.07. The summed E-state index contributed by atoms with van der Waals surface area (Å²) in [5.41, 5.74) is 7.80. The summed E-state index contributed by atoms with van der Waals surface area (Å²) in [6.45, 7) is 0. The van der Waals surface area contributed by atoms with Gasteiger partial charge in [0.1, 0.15) is 11.6 Å². The molecule has 2 heterocycles. The molecular formula is C21H20N8S. The Balaban J connectivity index is 1.34. The van der Waals surface area contributed by atoms with Gasteiger partial charge in [-0.2, -0.15) is 15.0 Å². The zero-order chi connectivity index (χ0) is 20.3. The van der Waals surface area contributed by atoms with Crippen molar-refractivity contribution in [3.63, 3.8) is 0 Å². The van der Waals surface area contributed by atoms with Crippen molar-refractivity contribution in [2.24, 2.45) is 0 Å². The Kier molecular flexibility index (Phi) is 5.02. The number of rotatable bonds is 7. The summed E-state index contributed by atoms with van der Waals surface area (Å²) >= 11 is 1.49. The average Bonchev–Trinajstić information content (AvgIpc) is 3.52. The molecule has 1 aliphatic carbocycles. The second-order valence-corrected chi connectivity index (χ2v) is 7.93. The molecule has 3 N–H and O–H groups in total. The Bertz CT molecular complexity index is 1140. The standard InChI is InChI=1S/C21H20N8S/c22-19-24-17(25-20(27-19)23-15-7-3-1-4-8-15)13-30-21-26-18(14-11-12-14)29(28-21)16-9-5-2-6-10-16/h1-10,14H,11-13H2,(H3,22,23,24,25,27). The van der Waals surface area contributed by atoms with Gasteiger partial charge in [-0.15, -0.1) is 5.10 Å². The minimum atomic E-state index is 0.181. The molecule has 0 aliphatic heterocycles. The monoisotopic (exact) mass is 416 g/mol. The summed E-state index contributed by atoms with van der Waals surface area (Å²) < 4.78 is 1.95. The minimum Gasteiger partial charge on any atom is -0.368 e. The second-order valence-electron chi connectivity index (χ2n) is 6.99. The van der Waals surface area contributed by atoms with Crippen LogP contribution in [0.4, 0.5) is 17.6 Å². The molecule has 0 spiro atoms. The summed E-state index contributed by atoms with van der Waals surface area (Å²) in [6.07, 6.45) is 2.32. The average molecular weight is 417 g/mol. The lowest BCUT2D eigenvalue weighted by atomic mass is 10.3. The van der Waals surface area contributed by atoms with Gasteiger partial charge in [0, 0.05) is 11.6 Å². The highest BCUT2D eigenvalue weighted by molar-refractivity contribution is 7.98. The van der Waals surface area contributed by atoms with E-state index in [4.69, 9.17) is 15.8 Å². The molecule has 150 valence electrons. The van der Waals surface area contributed by atoms with E-state index in [1.807, 2.05) is 65.3 Å². The van der Waals surface area contributed by atoms with Gasteiger partial charge in [0.15, 0.2) is 0 Å². The first-order valence-corrected chi connectivity index (χ1v) is 10.7. The van der Waals surface area contributed by atoms with Gasteiger partial charge < -0.3 is 11.1 Å². The van der Waals surface area contributed by atoms with Crippen LogP contribution in [-0.2, 0) is 5.75 Å². The first-order chi connectivity index (χ1) is 14.7. The van der Waals surface area contributed by atoms with Crippen molar-refractivity contribution >= 4 is 29.3 Å². The molecule has 1 saturated carbocycles. The summed E-state index contributed by atoms with van der Waals surface area (Å²) in [5.74, 6) is 3.19. The number of nitrogen functional groups attached to an aromatic ring is 1. The number of nitrogens with two attached hydrogens (primary N) is 1. The maximum absolute atomic E-state index is 5.89. The summed E-state index contributed by atoms with van der Waals surface area (Å²) in [4.78, 5) is 17.7. The number of thioether (sulfide) groups is 1. The van der Waals surface area contributed by atoms with Gasteiger partial charge >= 0.3 is 0 Å². The first kappa shape index (κ1) is 18.6. The van der Waals surface area contributed by atoms with Crippen molar-refractivity contribution in [1.29, 1.82) is 0 Å². The van der Waals surface area contributed by atoms with Crippen LogP contribution >= 0.6 is 11.8 Å². The van der Waals surface area contributed by atoms with Crippen LogP contribution in [0.2, 0.25) is 0 Å². The molecule has 0 atom stereocenters. The molecule has 1 aliphatic rings. The topological polar surface area (TPSA) is 107 Å². The second kappa shape index (κ2) is 8.11. The molecule has 2 aromatic heterocycles. The molecule has 0 radical (unpaired) electrons. The smallest absolute Gasteiger partial charge is 0.232 e. The number of hydrogen-bond donors (Lipinski definition) is 2. The molecule has 9 heteroatoms. The van der Waals surface area contributed by atoms with Crippen molar-refractivity contribution in [3.05, 3.63) is 72.3 Å². The molecule has 2 aromatic carbocycles. The third kappa shape index (κ3) is 4.25. The molecule has 4 aromatic rings. The highest BCUT2D eigenvalue weighted by atomic mass is 32.2. The predicted molar refractivity (Wildman–Crippen MR) is 117 cm³/mol. The van der Waals surface area contributed by atoms with E-state index >= 15 is 0 Å². The zero-order valence-electron chi connectivity index (χ0n) is 16.1. The van der Waals surface area contributed by atoms with Crippen molar-refractivity contribution < 1.29 is 0 Å². The lowest BCUT2D eigenvalue weighted by molar-refractivity contribution is 0.782. The van der Waals surface area contributed by atoms with E-state index in [9.17, 15) is 0 Å². The number of nitrogens with one attached hydrogen (secondary N) is 1. The van der Waals surface area contributed by atoms with Gasteiger partial charge in [0.05, 0.1) is 11.4 Å². The number of anilines is 3. The molecule has 0 bridgehead atoms. The van der Waals surface area contributed by atoms with Gasteiger partial charge in [0.25, 0.3) is 0 Å². The first-order valence-electron chi connectivity index (χ1n) is 9.72. The van der Waals surface area contributed by atoms with E-state index in [0.717, 1.165) is 30.0 Å². The van der Waals surface area contributed by atoms with Gasteiger partial charge in [-0.3, -0.25) is 0 Å². The fourth-order valence-corrected chi connectivity index (χ4v) is 3.75. The SMILES string of the molecule is Nc1nc(CSc2nc(C3CC3)n(-c3ccccc3)n2)nc(Nc2ccccc2)n1. The van der Waals surface area contributed by atoms with Crippen LogP contribution in [-0.4, -0.2) is 29.7 Å². The van der Waals surface area contributed by atoms with E-state index in [-0.39, 0.29) is 5.95 Å². The number of hydrogen-bond acceptors (Lipinski definition) is 8. The van der Waals surface area contributed by atoms with Crippen LogP contribution in [0.5, 0.6) is 0 Å². The van der Waals surface area contributed by atoms with Crippen molar-refractivity contribution in [3.8, 4) is 5.69 Å². The van der Waals surface area contributed by atoms with Crippen molar-refractivity contribution in [1.82, 2.24) is 29.7 Å². The number of benzene rings is 2. The molecule has 0 amide bonds. The molecule has 1 fully saturated rings. The number of nitrogens with zero attached hydrogens (tertiary/aromatic N) is 6. The highest BCUT2D eigenvalue weighted by Gasteiger charge is 2.30. The van der Waals surface area contributed by atoms with E-state index < -0.39 is 0 Å². The lowest BCUT2D eigenvalue weighted by Gasteiger charge is -2.06. The van der Waals surface area contributed by atoms with E-state index in [1.165, 1.54) is 11.8 Å². The zero-order valence-corrected chi connectivity index (χ0v) is 17.0. The van der Waals surface area contributed by atoms with Crippen LogP contribution in [0.15, 0.2) is 65.8 Å². The van der Waals surface area contributed by atoms with Crippen LogP contribution in [0.3, 0.4) is 0 Å². The molecule has 0 saturated heterocycles. The Labute approximate surface area is 178 Å². The molecule has 30 heavy (non-hydrogen) atoms. The van der Waals surface area contributed by atoms with Gasteiger partial charge in [-0.25, -0.2) is 9.67 Å². The highest BCUT2D eigenvalue weighted by Crippen LogP contribution is 2.40. The van der Waals surface area contributed by atoms with E-state index in [2.05, 4.69) is 20.3 Å². The van der Waals surface area contributed by atoms with E-state index in [0.29, 0.717) is 28.6 Å². The predicted octanol–water partition coefficient (Wildman–Crippen LogP) is 3.95. The molecule has 5 rings (SSSR count). The van der Waals surface area contributed by atoms with Crippen molar-refractivity contribution in [2.75, 3.05) is 11.1 Å². The lowest BCUT2D eigenvalue weighted by Crippen LogP contribution is -2.06. The van der Waals surface area contributed by atoms with Crippen molar-refractivity contribution in [2.45, 2.75) is 29.7 Å². The van der Waals surface area contributed by atoms with Crippen LogP contribution in [0.25, 0.3) is 5.69 Å². The third-order valence-corrected chi connectivity index (χ3v) is 5.45. The Hall–Kier alpha value is -3.46. The van der Waals surface area contributed by atoms with Gasteiger partial charge in [0.2, 0.25) is 17.1 Å². The van der Waals surface area contributed by atoms with Crippen LogP contribution in [0, 0.1) is 0 Å². The maximum Gasteiger partial charge on any atom is 0.232 e. The minimum absolute atomic E-state index is 0.181.